The molecule has 2 N–H and O–H groups in total. The number of alkyl halides is 3. The number of rotatable bonds is 3. The minimum atomic E-state index is -4.60. The van der Waals surface area contributed by atoms with Crippen molar-refractivity contribution in [2.24, 2.45) is 5.92 Å². The highest BCUT2D eigenvalue weighted by Crippen LogP contribution is 2.38. The molecule has 2 unspecified atom stereocenters. The van der Waals surface area contributed by atoms with Gasteiger partial charge in [0.05, 0.1) is 6.54 Å². The van der Waals surface area contributed by atoms with Gasteiger partial charge in [0.2, 0.25) is 5.91 Å². The summed E-state index contributed by atoms with van der Waals surface area (Å²) in [5.41, 5.74) is -2.60. The lowest BCUT2D eigenvalue weighted by Gasteiger charge is -2.39. The molecule has 1 aliphatic carbocycles. The zero-order chi connectivity index (χ0) is 16.4. The standard InChI is InChI=1S/C15H25F3N2O2/c1-11-4-2-3-5-12(11)19-13(21)10-20-8-6-14(22,7-9-20)15(16,17)18/h11-12,22H,2-10H2,1H3,(H,19,21). The molecule has 0 radical (unpaired) electrons. The predicted molar refractivity (Wildman–Crippen MR) is 76.2 cm³/mol. The smallest absolute Gasteiger partial charge is 0.380 e. The summed E-state index contributed by atoms with van der Waals surface area (Å²) in [6.45, 7) is 2.40. The second-order valence-electron chi connectivity index (χ2n) is 6.74. The van der Waals surface area contributed by atoms with Crippen LogP contribution < -0.4 is 5.32 Å². The molecule has 4 nitrogen and oxygen atoms in total. The van der Waals surface area contributed by atoms with Gasteiger partial charge in [0, 0.05) is 19.1 Å². The molecule has 2 rings (SSSR count). The number of carbonyl (C=O) groups excluding carboxylic acids is 1. The molecule has 22 heavy (non-hydrogen) atoms. The van der Waals surface area contributed by atoms with Gasteiger partial charge in [-0.3, -0.25) is 9.69 Å². The maximum atomic E-state index is 12.7. The van der Waals surface area contributed by atoms with Crippen LogP contribution in [-0.2, 0) is 4.79 Å². The number of carbonyl (C=O) groups is 1. The van der Waals surface area contributed by atoms with Crippen LogP contribution >= 0.6 is 0 Å². The summed E-state index contributed by atoms with van der Waals surface area (Å²) in [4.78, 5) is 13.7. The highest BCUT2D eigenvalue weighted by Gasteiger charge is 2.54. The first-order valence-electron chi connectivity index (χ1n) is 8.02. The Morgan fingerprint density at radius 2 is 1.86 bits per heavy atom. The third-order valence-electron chi connectivity index (χ3n) is 5.04. The summed E-state index contributed by atoms with van der Waals surface area (Å²) in [5.74, 6) is 0.325. The molecule has 2 atom stereocenters. The number of nitrogens with zero attached hydrogens (tertiary/aromatic N) is 1. The zero-order valence-electron chi connectivity index (χ0n) is 13.0. The van der Waals surface area contributed by atoms with Gasteiger partial charge in [-0.15, -0.1) is 0 Å². The van der Waals surface area contributed by atoms with Crippen LogP contribution in [0.4, 0.5) is 13.2 Å². The van der Waals surface area contributed by atoms with E-state index in [9.17, 15) is 23.1 Å². The highest BCUT2D eigenvalue weighted by atomic mass is 19.4. The van der Waals surface area contributed by atoms with E-state index in [1.807, 2.05) is 0 Å². The number of nitrogens with one attached hydrogen (secondary N) is 1. The minimum absolute atomic E-state index is 0.0870. The van der Waals surface area contributed by atoms with E-state index >= 15 is 0 Å². The molecule has 2 fully saturated rings. The van der Waals surface area contributed by atoms with E-state index in [2.05, 4.69) is 12.2 Å². The summed E-state index contributed by atoms with van der Waals surface area (Å²) in [6, 6.07) is 0.179. The van der Waals surface area contributed by atoms with Crippen molar-refractivity contribution < 1.29 is 23.1 Å². The van der Waals surface area contributed by atoms with E-state index in [1.54, 1.807) is 4.90 Å². The number of piperidine rings is 1. The normalized spacial score (nSPS) is 30.0. The van der Waals surface area contributed by atoms with E-state index in [-0.39, 0.29) is 44.4 Å². The van der Waals surface area contributed by atoms with Crippen LogP contribution in [0.1, 0.15) is 45.4 Å². The van der Waals surface area contributed by atoms with Crippen LogP contribution in [-0.4, -0.2) is 53.4 Å². The zero-order valence-corrected chi connectivity index (χ0v) is 13.0. The summed E-state index contributed by atoms with van der Waals surface area (Å²) < 4.78 is 38.2. The molecule has 1 saturated carbocycles. The van der Waals surface area contributed by atoms with Gasteiger partial charge in [-0.05, 0) is 31.6 Å². The van der Waals surface area contributed by atoms with E-state index in [0.29, 0.717) is 5.92 Å². The molecule has 0 aromatic heterocycles. The fraction of sp³-hybridized carbons (Fsp3) is 0.933. The largest absolute Gasteiger partial charge is 0.417 e. The van der Waals surface area contributed by atoms with E-state index in [0.717, 1.165) is 19.3 Å². The Balaban J connectivity index is 1.77. The average molecular weight is 322 g/mol. The predicted octanol–water partition coefficient (Wildman–Crippen LogP) is 2.07. The quantitative estimate of drug-likeness (QED) is 0.836. The molecule has 0 spiro atoms. The summed E-state index contributed by atoms with van der Waals surface area (Å²) in [6.07, 6.45) is -0.965. The van der Waals surface area contributed by atoms with Crippen molar-refractivity contribution in [1.29, 1.82) is 0 Å². The maximum Gasteiger partial charge on any atom is 0.417 e. The molecule has 128 valence electrons. The molecule has 1 saturated heterocycles. The fourth-order valence-electron chi connectivity index (χ4n) is 3.35. The Kier molecular flexibility index (Phi) is 5.37. The fourth-order valence-corrected chi connectivity index (χ4v) is 3.35. The Bertz CT molecular complexity index is 393. The van der Waals surface area contributed by atoms with Crippen molar-refractivity contribution in [2.45, 2.75) is 63.3 Å². The van der Waals surface area contributed by atoms with Crippen LogP contribution in [0, 0.1) is 5.92 Å². The molecular weight excluding hydrogens is 297 g/mol. The van der Waals surface area contributed by atoms with Crippen LogP contribution in [0.5, 0.6) is 0 Å². The van der Waals surface area contributed by atoms with Crippen molar-refractivity contribution >= 4 is 5.91 Å². The van der Waals surface area contributed by atoms with E-state index in [1.165, 1.54) is 6.42 Å². The van der Waals surface area contributed by atoms with Crippen molar-refractivity contribution in [2.75, 3.05) is 19.6 Å². The molecular formula is C15H25F3N2O2. The number of hydrogen-bond donors (Lipinski definition) is 2. The Labute approximate surface area is 129 Å². The molecule has 0 bridgehead atoms. The molecule has 1 heterocycles. The van der Waals surface area contributed by atoms with E-state index < -0.39 is 11.8 Å². The first-order valence-corrected chi connectivity index (χ1v) is 8.02. The second-order valence-corrected chi connectivity index (χ2v) is 6.74. The Morgan fingerprint density at radius 1 is 1.27 bits per heavy atom. The first kappa shape index (κ1) is 17.5. The molecule has 0 aromatic carbocycles. The first-order chi connectivity index (χ1) is 10.2. The highest BCUT2D eigenvalue weighted by molar-refractivity contribution is 5.78. The van der Waals surface area contributed by atoms with Gasteiger partial charge < -0.3 is 10.4 Å². The summed E-state index contributed by atoms with van der Waals surface area (Å²) in [5, 5.41) is 12.6. The van der Waals surface area contributed by atoms with Gasteiger partial charge in [-0.25, -0.2) is 0 Å². The van der Waals surface area contributed by atoms with Crippen LogP contribution in [0.15, 0.2) is 0 Å². The SMILES string of the molecule is CC1CCCCC1NC(=O)CN1CCC(O)(C(F)(F)F)CC1. The van der Waals surface area contributed by atoms with Crippen molar-refractivity contribution in [3.63, 3.8) is 0 Å². The van der Waals surface area contributed by atoms with Crippen LogP contribution in [0.2, 0.25) is 0 Å². The van der Waals surface area contributed by atoms with Gasteiger partial charge in [-0.1, -0.05) is 19.8 Å². The minimum Gasteiger partial charge on any atom is -0.380 e. The Morgan fingerprint density at radius 3 is 2.41 bits per heavy atom. The number of amides is 1. The summed E-state index contributed by atoms with van der Waals surface area (Å²) in [7, 11) is 0. The molecule has 7 heteroatoms. The second kappa shape index (κ2) is 6.74. The summed E-state index contributed by atoms with van der Waals surface area (Å²) >= 11 is 0. The van der Waals surface area contributed by atoms with Gasteiger partial charge in [0.1, 0.15) is 0 Å². The van der Waals surface area contributed by atoms with Crippen LogP contribution in [0.25, 0.3) is 0 Å². The number of halogens is 3. The monoisotopic (exact) mass is 322 g/mol. The maximum absolute atomic E-state index is 12.7. The molecule has 1 aliphatic heterocycles. The van der Waals surface area contributed by atoms with Gasteiger partial charge >= 0.3 is 6.18 Å². The number of likely N-dealkylation sites (tertiary alicyclic amines) is 1. The molecule has 2 aliphatic rings. The van der Waals surface area contributed by atoms with Gasteiger partial charge in [0.25, 0.3) is 0 Å². The molecule has 1 amide bonds. The van der Waals surface area contributed by atoms with Crippen molar-refractivity contribution in [3.8, 4) is 0 Å². The van der Waals surface area contributed by atoms with E-state index in [4.69, 9.17) is 0 Å². The van der Waals surface area contributed by atoms with Gasteiger partial charge in [0.15, 0.2) is 5.60 Å². The Hall–Kier alpha value is -0.820. The lowest BCUT2D eigenvalue weighted by atomic mass is 9.86. The van der Waals surface area contributed by atoms with Crippen molar-refractivity contribution in [1.82, 2.24) is 10.2 Å². The third kappa shape index (κ3) is 4.13. The lowest BCUT2D eigenvalue weighted by molar-refractivity contribution is -0.272. The lowest BCUT2D eigenvalue weighted by Crippen LogP contribution is -2.55. The number of hydrogen-bond acceptors (Lipinski definition) is 3. The third-order valence-corrected chi connectivity index (χ3v) is 5.04. The number of aliphatic hydroxyl groups is 1. The molecule has 0 aromatic rings. The average Bonchev–Trinajstić information content (AvgIpc) is 2.43. The van der Waals surface area contributed by atoms with Crippen molar-refractivity contribution in [3.05, 3.63) is 0 Å². The van der Waals surface area contributed by atoms with Crippen LogP contribution in [0.3, 0.4) is 0 Å². The topological polar surface area (TPSA) is 52.6 Å². The van der Waals surface area contributed by atoms with Gasteiger partial charge in [-0.2, -0.15) is 13.2 Å².